The van der Waals surface area contributed by atoms with Crippen LogP contribution in [0.3, 0.4) is 0 Å². The molecule has 2 aromatic rings. The van der Waals surface area contributed by atoms with Gasteiger partial charge in [0.25, 0.3) is 0 Å². The molecule has 6 nitrogen and oxygen atoms in total. The van der Waals surface area contributed by atoms with E-state index < -0.39 is 5.97 Å². The molecule has 2 rings (SSSR count). The third-order valence-corrected chi connectivity index (χ3v) is 3.06. The van der Waals surface area contributed by atoms with Crippen molar-refractivity contribution >= 4 is 11.8 Å². The van der Waals surface area contributed by atoms with Crippen molar-refractivity contribution in [1.82, 2.24) is 9.55 Å². The van der Waals surface area contributed by atoms with E-state index in [1.54, 1.807) is 11.5 Å². The third kappa shape index (κ3) is 2.21. The second-order valence-corrected chi connectivity index (χ2v) is 4.38. The highest BCUT2D eigenvalue weighted by Crippen LogP contribution is 2.27. The molecule has 19 heavy (non-hydrogen) atoms. The van der Waals surface area contributed by atoms with Crippen molar-refractivity contribution in [1.29, 1.82) is 0 Å². The van der Waals surface area contributed by atoms with E-state index in [9.17, 15) is 4.79 Å². The predicted octanol–water partition coefficient (Wildman–Crippen LogP) is 2.07. The SMILES string of the molecule is COC(=O)c1nc(C)n(C(C)c2ccc(C)o2)c1N. The van der Waals surface area contributed by atoms with E-state index in [4.69, 9.17) is 10.2 Å². The van der Waals surface area contributed by atoms with Gasteiger partial charge in [-0.2, -0.15) is 0 Å². The Kier molecular flexibility index (Phi) is 3.33. The zero-order valence-corrected chi connectivity index (χ0v) is 11.4. The number of carbonyl (C=O) groups is 1. The molecule has 0 amide bonds. The Morgan fingerprint density at radius 2 is 2.16 bits per heavy atom. The zero-order chi connectivity index (χ0) is 14.2. The molecule has 0 saturated carbocycles. The maximum absolute atomic E-state index is 11.6. The highest BCUT2D eigenvalue weighted by atomic mass is 16.5. The number of nitrogens with zero attached hydrogens (tertiary/aromatic N) is 2. The van der Waals surface area contributed by atoms with Gasteiger partial charge in [0.15, 0.2) is 5.69 Å². The summed E-state index contributed by atoms with van der Waals surface area (Å²) in [5, 5.41) is 0. The van der Waals surface area contributed by atoms with E-state index in [2.05, 4.69) is 9.72 Å². The molecular weight excluding hydrogens is 246 g/mol. The number of hydrogen-bond donors (Lipinski definition) is 1. The number of esters is 1. The smallest absolute Gasteiger partial charge is 0.360 e. The van der Waals surface area contributed by atoms with Crippen molar-refractivity contribution in [3.63, 3.8) is 0 Å². The second kappa shape index (κ2) is 4.79. The van der Waals surface area contributed by atoms with Gasteiger partial charge in [0.1, 0.15) is 23.2 Å². The fourth-order valence-corrected chi connectivity index (χ4v) is 2.10. The monoisotopic (exact) mass is 263 g/mol. The van der Waals surface area contributed by atoms with Gasteiger partial charge < -0.3 is 19.5 Å². The summed E-state index contributed by atoms with van der Waals surface area (Å²) in [6, 6.07) is 3.63. The minimum Gasteiger partial charge on any atom is -0.464 e. The van der Waals surface area contributed by atoms with E-state index >= 15 is 0 Å². The van der Waals surface area contributed by atoms with E-state index in [-0.39, 0.29) is 17.6 Å². The minimum atomic E-state index is -0.540. The molecule has 0 aliphatic heterocycles. The lowest BCUT2D eigenvalue weighted by Gasteiger charge is -2.14. The van der Waals surface area contributed by atoms with Crippen LogP contribution < -0.4 is 5.73 Å². The number of rotatable bonds is 3. The molecule has 2 heterocycles. The van der Waals surface area contributed by atoms with Gasteiger partial charge in [-0.15, -0.1) is 0 Å². The van der Waals surface area contributed by atoms with Gasteiger partial charge in [-0.05, 0) is 32.9 Å². The lowest BCUT2D eigenvalue weighted by atomic mass is 10.2. The van der Waals surface area contributed by atoms with Crippen LogP contribution >= 0.6 is 0 Å². The van der Waals surface area contributed by atoms with Gasteiger partial charge >= 0.3 is 5.97 Å². The largest absolute Gasteiger partial charge is 0.464 e. The standard InChI is InChI=1S/C13H17N3O3/c1-7-5-6-10(19-7)8(2)16-9(3)15-11(12(16)14)13(17)18-4/h5-6,8H,14H2,1-4H3. The Hall–Kier alpha value is -2.24. The Morgan fingerprint density at radius 1 is 1.47 bits per heavy atom. The van der Waals surface area contributed by atoms with Crippen LogP contribution in [-0.4, -0.2) is 22.6 Å². The molecule has 0 spiro atoms. The molecule has 0 aliphatic rings. The fourth-order valence-electron chi connectivity index (χ4n) is 2.10. The van der Waals surface area contributed by atoms with Crippen LogP contribution in [0.2, 0.25) is 0 Å². The first-order valence-corrected chi connectivity index (χ1v) is 5.94. The van der Waals surface area contributed by atoms with Gasteiger partial charge in [0.05, 0.1) is 13.2 Å². The number of aromatic nitrogens is 2. The highest BCUT2D eigenvalue weighted by Gasteiger charge is 2.23. The maximum Gasteiger partial charge on any atom is 0.360 e. The third-order valence-electron chi connectivity index (χ3n) is 3.06. The molecule has 0 saturated heterocycles. The Morgan fingerprint density at radius 3 is 2.68 bits per heavy atom. The lowest BCUT2D eigenvalue weighted by Crippen LogP contribution is -2.12. The average molecular weight is 263 g/mol. The van der Waals surface area contributed by atoms with Gasteiger partial charge in [0, 0.05) is 0 Å². The molecule has 6 heteroatoms. The first-order chi connectivity index (χ1) is 8.95. The number of imidazole rings is 1. The Balaban J connectivity index is 2.45. The van der Waals surface area contributed by atoms with Crippen molar-refractivity contribution in [2.24, 2.45) is 0 Å². The molecule has 0 fully saturated rings. The summed E-state index contributed by atoms with van der Waals surface area (Å²) in [6.07, 6.45) is 0. The van der Waals surface area contributed by atoms with Crippen molar-refractivity contribution < 1.29 is 13.9 Å². The van der Waals surface area contributed by atoms with Crippen LogP contribution in [0.5, 0.6) is 0 Å². The van der Waals surface area contributed by atoms with Gasteiger partial charge in [0.2, 0.25) is 0 Å². The average Bonchev–Trinajstić information content (AvgIpc) is 2.92. The number of furan rings is 1. The summed E-state index contributed by atoms with van der Waals surface area (Å²) in [7, 11) is 1.30. The lowest BCUT2D eigenvalue weighted by molar-refractivity contribution is 0.0595. The van der Waals surface area contributed by atoms with Crippen LogP contribution in [-0.2, 0) is 4.74 Å². The number of ether oxygens (including phenoxy) is 1. The van der Waals surface area contributed by atoms with E-state index in [1.807, 2.05) is 26.0 Å². The fraction of sp³-hybridized carbons (Fsp3) is 0.385. The van der Waals surface area contributed by atoms with Crippen LogP contribution in [0.4, 0.5) is 5.82 Å². The van der Waals surface area contributed by atoms with Crippen molar-refractivity contribution in [3.8, 4) is 0 Å². The first-order valence-electron chi connectivity index (χ1n) is 5.94. The van der Waals surface area contributed by atoms with Crippen molar-refractivity contribution in [2.45, 2.75) is 26.8 Å². The first kappa shape index (κ1) is 13.2. The van der Waals surface area contributed by atoms with E-state index in [0.29, 0.717) is 5.82 Å². The number of hydrogen-bond acceptors (Lipinski definition) is 5. The normalized spacial score (nSPS) is 12.4. The maximum atomic E-state index is 11.6. The summed E-state index contributed by atoms with van der Waals surface area (Å²) < 4.78 is 12.0. The van der Waals surface area contributed by atoms with Crippen molar-refractivity contribution in [2.75, 3.05) is 12.8 Å². The highest BCUT2D eigenvalue weighted by molar-refractivity contribution is 5.92. The second-order valence-electron chi connectivity index (χ2n) is 4.38. The molecule has 0 radical (unpaired) electrons. The minimum absolute atomic E-state index is 0.134. The van der Waals surface area contributed by atoms with Crippen LogP contribution in [0.25, 0.3) is 0 Å². The zero-order valence-electron chi connectivity index (χ0n) is 11.4. The quantitative estimate of drug-likeness (QED) is 0.857. The molecule has 2 N–H and O–H groups in total. The number of aryl methyl sites for hydroxylation is 2. The summed E-state index contributed by atoms with van der Waals surface area (Å²) in [4.78, 5) is 15.7. The molecule has 2 aromatic heterocycles. The molecule has 0 bridgehead atoms. The van der Waals surface area contributed by atoms with Gasteiger partial charge in [-0.25, -0.2) is 9.78 Å². The molecule has 0 aliphatic carbocycles. The molecule has 1 unspecified atom stereocenters. The summed E-state index contributed by atoms with van der Waals surface area (Å²) >= 11 is 0. The number of nitrogen functional groups attached to an aromatic ring is 1. The molecule has 1 atom stereocenters. The van der Waals surface area contributed by atoms with E-state index in [1.165, 1.54) is 7.11 Å². The summed E-state index contributed by atoms with van der Waals surface area (Å²) in [5.41, 5.74) is 6.12. The van der Waals surface area contributed by atoms with Gasteiger partial charge in [-0.1, -0.05) is 0 Å². The van der Waals surface area contributed by atoms with Crippen LogP contribution in [0.15, 0.2) is 16.5 Å². The molecular formula is C13H17N3O3. The molecule has 102 valence electrons. The predicted molar refractivity (Wildman–Crippen MR) is 70.0 cm³/mol. The number of carbonyl (C=O) groups excluding carboxylic acids is 1. The number of methoxy groups -OCH3 is 1. The van der Waals surface area contributed by atoms with Crippen LogP contribution in [0, 0.1) is 13.8 Å². The number of anilines is 1. The number of nitrogens with two attached hydrogens (primary N) is 1. The Labute approximate surface area is 111 Å². The van der Waals surface area contributed by atoms with Crippen LogP contribution in [0.1, 0.15) is 40.8 Å². The van der Waals surface area contributed by atoms with Gasteiger partial charge in [-0.3, -0.25) is 0 Å². The molecule has 0 aromatic carbocycles. The summed E-state index contributed by atoms with van der Waals surface area (Å²) in [5.74, 6) is 1.97. The van der Waals surface area contributed by atoms with E-state index in [0.717, 1.165) is 11.5 Å². The van der Waals surface area contributed by atoms with Crippen molar-refractivity contribution in [3.05, 3.63) is 35.2 Å². The summed E-state index contributed by atoms with van der Waals surface area (Å²) in [6.45, 7) is 5.60. The topological polar surface area (TPSA) is 83.3 Å². The Bertz CT molecular complexity index is 613.